The van der Waals surface area contributed by atoms with Gasteiger partial charge in [0, 0.05) is 0 Å². The van der Waals surface area contributed by atoms with Gasteiger partial charge in [-0.15, -0.1) is 0 Å². The van der Waals surface area contributed by atoms with Crippen LogP contribution in [0.15, 0.2) is 60.7 Å². The van der Waals surface area contributed by atoms with Crippen molar-refractivity contribution in [2.75, 3.05) is 0 Å². The van der Waals surface area contributed by atoms with Gasteiger partial charge < -0.3 is 14.9 Å². The predicted molar refractivity (Wildman–Crippen MR) is 103 cm³/mol. The van der Waals surface area contributed by atoms with Gasteiger partial charge in [-0.25, -0.2) is 4.79 Å². The molecule has 1 fully saturated rings. The number of benzene rings is 2. The number of ether oxygens (including phenoxy) is 1. The fourth-order valence-corrected chi connectivity index (χ4v) is 3.42. The average Bonchev–Trinajstić information content (AvgIpc) is 3.32. The maximum atomic E-state index is 11.2. The SMILES string of the molecule is CCC(C(=O)O)c1ccccc1.CCC1(C(=O)O)OC1(C)c1ccccc1. The third-order valence-corrected chi connectivity index (χ3v) is 5.18. The van der Waals surface area contributed by atoms with Crippen LogP contribution in [-0.2, 0) is 19.9 Å². The smallest absolute Gasteiger partial charge is 0.339 e. The summed E-state index contributed by atoms with van der Waals surface area (Å²) in [5, 5.41) is 18.0. The van der Waals surface area contributed by atoms with Gasteiger partial charge in [-0.1, -0.05) is 74.5 Å². The van der Waals surface area contributed by atoms with Crippen molar-refractivity contribution in [1.29, 1.82) is 0 Å². The highest BCUT2D eigenvalue weighted by Crippen LogP contribution is 2.57. The van der Waals surface area contributed by atoms with Crippen molar-refractivity contribution in [2.45, 2.75) is 50.7 Å². The van der Waals surface area contributed by atoms with Crippen LogP contribution in [0.2, 0.25) is 0 Å². The minimum absolute atomic E-state index is 0.355. The third kappa shape index (κ3) is 4.03. The normalized spacial score (nSPS) is 24.3. The summed E-state index contributed by atoms with van der Waals surface area (Å²) in [6.07, 6.45) is 1.12. The van der Waals surface area contributed by atoms with Crippen LogP contribution in [0.25, 0.3) is 0 Å². The molecule has 3 unspecified atom stereocenters. The molecule has 2 aromatic carbocycles. The summed E-state index contributed by atoms with van der Waals surface area (Å²) in [5.74, 6) is -1.98. The van der Waals surface area contributed by atoms with Crippen LogP contribution in [-0.4, -0.2) is 27.8 Å². The standard InChI is InChI=1S/C12H14O3.C10H12O2/c1-3-12(10(13)14)11(2,15-12)9-7-5-4-6-8-9;1-2-9(10(11)12)8-6-4-3-5-7-8/h4-8H,3H2,1-2H3,(H,13,14);3-7,9H,2H2,1H3,(H,11,12). The Morgan fingerprint density at radius 3 is 1.85 bits per heavy atom. The third-order valence-electron chi connectivity index (χ3n) is 5.18. The molecule has 144 valence electrons. The van der Waals surface area contributed by atoms with Crippen molar-refractivity contribution in [1.82, 2.24) is 0 Å². The summed E-state index contributed by atoms with van der Waals surface area (Å²) < 4.78 is 5.49. The van der Waals surface area contributed by atoms with Crippen LogP contribution < -0.4 is 0 Å². The lowest BCUT2D eigenvalue weighted by atomic mass is 9.86. The predicted octanol–water partition coefficient (Wildman–Crippen LogP) is 4.43. The fraction of sp³-hybridized carbons (Fsp3) is 0.364. The number of carboxylic acids is 2. The average molecular weight is 370 g/mol. The molecule has 0 radical (unpaired) electrons. The lowest BCUT2D eigenvalue weighted by molar-refractivity contribution is -0.143. The van der Waals surface area contributed by atoms with E-state index in [-0.39, 0.29) is 5.92 Å². The second kappa shape index (κ2) is 8.35. The van der Waals surface area contributed by atoms with E-state index < -0.39 is 23.1 Å². The van der Waals surface area contributed by atoms with E-state index in [2.05, 4.69) is 0 Å². The minimum atomic E-state index is -1.03. The molecule has 27 heavy (non-hydrogen) atoms. The Bertz CT molecular complexity index is 774. The van der Waals surface area contributed by atoms with Crippen molar-refractivity contribution >= 4 is 11.9 Å². The lowest BCUT2D eigenvalue weighted by Crippen LogP contribution is -2.30. The van der Waals surface area contributed by atoms with E-state index in [0.717, 1.165) is 11.1 Å². The van der Waals surface area contributed by atoms with E-state index in [0.29, 0.717) is 12.8 Å². The van der Waals surface area contributed by atoms with E-state index >= 15 is 0 Å². The number of epoxide rings is 1. The molecule has 3 atom stereocenters. The van der Waals surface area contributed by atoms with Gasteiger partial charge in [0.25, 0.3) is 0 Å². The van der Waals surface area contributed by atoms with Crippen molar-refractivity contribution in [3.8, 4) is 0 Å². The summed E-state index contributed by atoms with van der Waals surface area (Å²) in [7, 11) is 0. The van der Waals surface area contributed by atoms with E-state index in [9.17, 15) is 14.7 Å². The summed E-state index contributed by atoms with van der Waals surface area (Å²) in [6.45, 7) is 5.55. The van der Waals surface area contributed by atoms with Gasteiger partial charge in [-0.05, 0) is 30.9 Å². The molecular weight excluding hydrogens is 344 g/mol. The van der Waals surface area contributed by atoms with Gasteiger partial charge in [0.15, 0.2) is 5.60 Å². The zero-order chi connectivity index (χ0) is 20.1. The Kier molecular flexibility index (Phi) is 6.39. The van der Waals surface area contributed by atoms with Gasteiger partial charge in [-0.2, -0.15) is 0 Å². The first-order valence-corrected chi connectivity index (χ1v) is 9.09. The Hall–Kier alpha value is -2.66. The van der Waals surface area contributed by atoms with Crippen LogP contribution in [0.4, 0.5) is 0 Å². The monoisotopic (exact) mass is 370 g/mol. The molecule has 0 aromatic heterocycles. The summed E-state index contributed by atoms with van der Waals surface area (Å²) >= 11 is 0. The van der Waals surface area contributed by atoms with Crippen LogP contribution in [0, 0.1) is 0 Å². The van der Waals surface area contributed by atoms with Crippen molar-refractivity contribution in [3.63, 3.8) is 0 Å². The molecule has 5 heteroatoms. The van der Waals surface area contributed by atoms with Crippen molar-refractivity contribution in [2.24, 2.45) is 0 Å². The second-order valence-electron chi connectivity index (χ2n) is 6.70. The van der Waals surface area contributed by atoms with Crippen molar-refractivity contribution < 1.29 is 24.5 Å². The molecule has 0 spiro atoms. The Morgan fingerprint density at radius 2 is 1.48 bits per heavy atom. The first-order valence-electron chi connectivity index (χ1n) is 9.09. The second-order valence-corrected chi connectivity index (χ2v) is 6.70. The summed E-state index contributed by atoms with van der Waals surface area (Å²) in [5.41, 5.74) is 0.102. The minimum Gasteiger partial charge on any atom is -0.481 e. The van der Waals surface area contributed by atoms with Crippen LogP contribution in [0.1, 0.15) is 50.7 Å². The fourth-order valence-electron chi connectivity index (χ4n) is 3.42. The van der Waals surface area contributed by atoms with Crippen molar-refractivity contribution in [3.05, 3.63) is 71.8 Å². The van der Waals surface area contributed by atoms with E-state index in [1.54, 1.807) is 0 Å². The van der Waals surface area contributed by atoms with Gasteiger partial charge in [0.2, 0.25) is 0 Å². The zero-order valence-corrected chi connectivity index (χ0v) is 15.9. The van der Waals surface area contributed by atoms with Crippen LogP contribution in [0.5, 0.6) is 0 Å². The number of carbonyl (C=O) groups is 2. The van der Waals surface area contributed by atoms with Crippen LogP contribution in [0.3, 0.4) is 0 Å². The van der Waals surface area contributed by atoms with Gasteiger partial charge in [0.05, 0.1) is 5.92 Å². The molecule has 0 bridgehead atoms. The molecule has 2 N–H and O–H groups in total. The highest BCUT2D eigenvalue weighted by molar-refractivity contribution is 5.83. The molecule has 1 aliphatic rings. The van der Waals surface area contributed by atoms with Gasteiger partial charge >= 0.3 is 11.9 Å². The Labute approximate surface area is 159 Å². The molecule has 1 saturated heterocycles. The molecule has 0 saturated carbocycles. The first kappa shape index (κ1) is 20.6. The largest absolute Gasteiger partial charge is 0.481 e. The number of carboxylic acid groups (broad SMARTS) is 2. The molecule has 1 heterocycles. The lowest BCUT2D eigenvalue weighted by Gasteiger charge is -2.11. The highest BCUT2D eigenvalue weighted by Gasteiger charge is 2.72. The van der Waals surface area contributed by atoms with E-state index in [4.69, 9.17) is 9.84 Å². The molecule has 3 rings (SSSR count). The molecule has 5 nitrogen and oxygen atoms in total. The first-order chi connectivity index (χ1) is 12.8. The maximum Gasteiger partial charge on any atom is 0.339 e. The summed E-state index contributed by atoms with van der Waals surface area (Å²) in [6, 6.07) is 18.8. The Morgan fingerprint density at radius 1 is 0.963 bits per heavy atom. The van der Waals surface area contributed by atoms with E-state index in [1.165, 1.54) is 0 Å². The topological polar surface area (TPSA) is 87.1 Å². The summed E-state index contributed by atoms with van der Waals surface area (Å²) in [4.78, 5) is 21.9. The number of aliphatic carboxylic acids is 2. The molecule has 2 aromatic rings. The highest BCUT2D eigenvalue weighted by atomic mass is 16.6. The quantitative estimate of drug-likeness (QED) is 0.735. The molecule has 1 aliphatic heterocycles. The maximum absolute atomic E-state index is 11.2. The Balaban J connectivity index is 0.000000199. The van der Waals surface area contributed by atoms with Gasteiger partial charge in [-0.3, -0.25) is 4.79 Å². The number of hydrogen-bond donors (Lipinski definition) is 2. The van der Waals surface area contributed by atoms with E-state index in [1.807, 2.05) is 81.4 Å². The molecular formula is C22H26O5. The molecule has 0 aliphatic carbocycles. The molecule has 0 amide bonds. The number of hydrogen-bond acceptors (Lipinski definition) is 3. The number of rotatable bonds is 6. The van der Waals surface area contributed by atoms with Gasteiger partial charge in [0.1, 0.15) is 5.60 Å². The zero-order valence-electron chi connectivity index (χ0n) is 15.9. The van der Waals surface area contributed by atoms with Crippen LogP contribution >= 0.6 is 0 Å².